The number of ether oxygens (including phenoxy) is 2. The van der Waals surface area contributed by atoms with E-state index in [2.05, 4.69) is 5.32 Å². The lowest BCUT2D eigenvalue weighted by molar-refractivity contribution is -0.122. The lowest BCUT2D eigenvalue weighted by Gasteiger charge is -2.19. The van der Waals surface area contributed by atoms with Crippen molar-refractivity contribution in [2.75, 3.05) is 31.0 Å². The fraction of sp³-hybridized carbons (Fsp3) is 0.217. The van der Waals surface area contributed by atoms with E-state index in [4.69, 9.17) is 9.47 Å². The molecule has 3 aromatic rings. The molecule has 0 unspecified atom stereocenters. The van der Waals surface area contributed by atoms with Crippen molar-refractivity contribution < 1.29 is 19.1 Å². The first-order valence-electron chi connectivity index (χ1n) is 9.41. The number of hydrogen-bond donors (Lipinski definition) is 1. The molecule has 3 aromatic carbocycles. The van der Waals surface area contributed by atoms with Crippen LogP contribution in [-0.2, 0) is 9.59 Å². The minimum atomic E-state index is -0.437. The second kappa shape index (κ2) is 7.83. The minimum Gasteiger partial charge on any atom is -0.497 e. The SMILES string of the molecule is COc1ccc(NC(=O)[C@H]2CC(=O)N(c3cccc4ccccc34)C2)c(OC)c1. The predicted molar refractivity (Wildman–Crippen MR) is 113 cm³/mol. The maximum Gasteiger partial charge on any atom is 0.229 e. The summed E-state index contributed by atoms with van der Waals surface area (Å²) >= 11 is 0. The molecule has 0 aromatic heterocycles. The van der Waals surface area contributed by atoms with Crippen molar-refractivity contribution in [3.63, 3.8) is 0 Å². The van der Waals surface area contributed by atoms with Gasteiger partial charge in [-0.05, 0) is 23.6 Å². The van der Waals surface area contributed by atoms with Gasteiger partial charge in [0.05, 0.1) is 31.5 Å². The summed E-state index contributed by atoms with van der Waals surface area (Å²) in [4.78, 5) is 27.2. The Labute approximate surface area is 169 Å². The number of nitrogens with one attached hydrogen (secondary N) is 1. The Morgan fingerprint density at radius 3 is 2.62 bits per heavy atom. The normalized spacial score (nSPS) is 16.1. The predicted octanol–water partition coefficient (Wildman–Crippen LogP) is 3.85. The number of carbonyl (C=O) groups excluding carboxylic acids is 2. The van der Waals surface area contributed by atoms with Gasteiger partial charge in [-0.2, -0.15) is 0 Å². The van der Waals surface area contributed by atoms with E-state index in [1.165, 1.54) is 7.11 Å². The smallest absolute Gasteiger partial charge is 0.229 e. The van der Waals surface area contributed by atoms with Crippen LogP contribution in [0.1, 0.15) is 6.42 Å². The molecule has 1 atom stereocenters. The van der Waals surface area contributed by atoms with Crippen LogP contribution in [0.5, 0.6) is 11.5 Å². The minimum absolute atomic E-state index is 0.0526. The van der Waals surface area contributed by atoms with Crippen molar-refractivity contribution in [1.82, 2.24) is 0 Å². The molecule has 0 bridgehead atoms. The Morgan fingerprint density at radius 2 is 1.83 bits per heavy atom. The Kier molecular flexibility index (Phi) is 5.08. The van der Waals surface area contributed by atoms with Gasteiger partial charge in [0.25, 0.3) is 0 Å². The summed E-state index contributed by atoms with van der Waals surface area (Å²) in [5.74, 6) is 0.451. The number of carbonyl (C=O) groups is 2. The summed E-state index contributed by atoms with van der Waals surface area (Å²) in [7, 11) is 3.10. The van der Waals surface area contributed by atoms with Gasteiger partial charge in [0.2, 0.25) is 11.8 Å². The zero-order chi connectivity index (χ0) is 20.4. The highest BCUT2D eigenvalue weighted by Gasteiger charge is 2.36. The first-order chi connectivity index (χ1) is 14.1. The number of amides is 2. The van der Waals surface area contributed by atoms with E-state index >= 15 is 0 Å². The molecule has 0 aliphatic carbocycles. The number of methoxy groups -OCH3 is 2. The van der Waals surface area contributed by atoms with E-state index in [1.54, 1.807) is 30.2 Å². The second-order valence-corrected chi connectivity index (χ2v) is 6.96. The fourth-order valence-electron chi connectivity index (χ4n) is 3.70. The van der Waals surface area contributed by atoms with Crippen molar-refractivity contribution in [2.45, 2.75) is 6.42 Å². The molecule has 1 aliphatic heterocycles. The van der Waals surface area contributed by atoms with Crippen LogP contribution in [0.4, 0.5) is 11.4 Å². The van der Waals surface area contributed by atoms with Gasteiger partial charge in [-0.15, -0.1) is 0 Å². The molecule has 1 fully saturated rings. The van der Waals surface area contributed by atoms with Crippen LogP contribution >= 0.6 is 0 Å². The average molecular weight is 390 g/mol. The molecule has 0 radical (unpaired) electrons. The molecule has 6 nitrogen and oxygen atoms in total. The van der Waals surface area contributed by atoms with Gasteiger partial charge in [-0.25, -0.2) is 0 Å². The number of nitrogens with zero attached hydrogens (tertiary/aromatic N) is 1. The largest absolute Gasteiger partial charge is 0.497 e. The average Bonchev–Trinajstić information content (AvgIpc) is 3.15. The van der Waals surface area contributed by atoms with E-state index in [-0.39, 0.29) is 18.2 Å². The number of rotatable bonds is 5. The Bertz CT molecular complexity index is 1070. The van der Waals surface area contributed by atoms with Crippen LogP contribution in [0.2, 0.25) is 0 Å². The van der Waals surface area contributed by atoms with E-state index < -0.39 is 5.92 Å². The van der Waals surface area contributed by atoms with Gasteiger partial charge in [0.1, 0.15) is 11.5 Å². The third kappa shape index (κ3) is 3.61. The highest BCUT2D eigenvalue weighted by molar-refractivity contribution is 6.08. The summed E-state index contributed by atoms with van der Waals surface area (Å²) < 4.78 is 10.5. The summed E-state index contributed by atoms with van der Waals surface area (Å²) in [5, 5.41) is 4.95. The van der Waals surface area contributed by atoms with E-state index in [1.807, 2.05) is 42.5 Å². The molecule has 148 valence electrons. The maximum absolute atomic E-state index is 12.8. The monoisotopic (exact) mass is 390 g/mol. The third-order valence-corrected chi connectivity index (χ3v) is 5.22. The molecule has 1 aliphatic rings. The van der Waals surface area contributed by atoms with Gasteiger partial charge >= 0.3 is 0 Å². The molecule has 0 spiro atoms. The molecule has 29 heavy (non-hydrogen) atoms. The topological polar surface area (TPSA) is 67.9 Å². The summed E-state index contributed by atoms with van der Waals surface area (Å²) in [6, 6.07) is 19.0. The van der Waals surface area contributed by atoms with Gasteiger partial charge in [0.15, 0.2) is 0 Å². The zero-order valence-electron chi connectivity index (χ0n) is 16.3. The van der Waals surface area contributed by atoms with E-state index in [0.29, 0.717) is 23.7 Å². The fourth-order valence-corrected chi connectivity index (χ4v) is 3.70. The van der Waals surface area contributed by atoms with Gasteiger partial charge in [-0.1, -0.05) is 36.4 Å². The van der Waals surface area contributed by atoms with Crippen LogP contribution in [-0.4, -0.2) is 32.6 Å². The molecule has 0 saturated carbocycles. The summed E-state index contributed by atoms with van der Waals surface area (Å²) in [6.45, 7) is 0.344. The van der Waals surface area contributed by atoms with Gasteiger partial charge in [0, 0.05) is 24.4 Å². The Morgan fingerprint density at radius 1 is 1.03 bits per heavy atom. The Hall–Kier alpha value is -3.54. The lowest BCUT2D eigenvalue weighted by atomic mass is 10.1. The molecule has 1 N–H and O–H groups in total. The molecular weight excluding hydrogens is 368 g/mol. The maximum atomic E-state index is 12.8. The standard InChI is InChI=1S/C23H22N2O4/c1-28-17-10-11-19(21(13-17)29-2)24-23(27)16-12-22(26)25(14-16)20-9-5-7-15-6-3-4-8-18(15)20/h3-11,13,16H,12,14H2,1-2H3,(H,24,27)/t16-/m0/s1. The first kappa shape index (κ1) is 18.8. The van der Waals surface area contributed by atoms with Crippen LogP contribution in [0.25, 0.3) is 10.8 Å². The van der Waals surface area contributed by atoms with Gasteiger partial charge in [-0.3, -0.25) is 9.59 Å². The lowest BCUT2D eigenvalue weighted by Crippen LogP contribution is -2.28. The highest BCUT2D eigenvalue weighted by Crippen LogP contribution is 2.33. The van der Waals surface area contributed by atoms with Crippen LogP contribution in [0, 0.1) is 5.92 Å². The van der Waals surface area contributed by atoms with Crippen LogP contribution < -0.4 is 19.7 Å². The van der Waals surface area contributed by atoms with Crippen molar-refractivity contribution >= 4 is 34.0 Å². The summed E-state index contributed by atoms with van der Waals surface area (Å²) in [6.07, 6.45) is 0.174. The van der Waals surface area contributed by atoms with Crippen LogP contribution in [0.15, 0.2) is 60.7 Å². The van der Waals surface area contributed by atoms with Gasteiger partial charge < -0.3 is 19.7 Å². The quantitative estimate of drug-likeness (QED) is 0.719. The number of anilines is 2. The Balaban J connectivity index is 1.54. The van der Waals surface area contributed by atoms with Crippen LogP contribution in [0.3, 0.4) is 0 Å². The van der Waals surface area contributed by atoms with Crippen molar-refractivity contribution in [1.29, 1.82) is 0 Å². The number of hydrogen-bond acceptors (Lipinski definition) is 4. The molecular formula is C23H22N2O4. The second-order valence-electron chi connectivity index (χ2n) is 6.96. The molecule has 1 saturated heterocycles. The zero-order valence-corrected chi connectivity index (χ0v) is 16.3. The molecule has 6 heteroatoms. The van der Waals surface area contributed by atoms with Crippen molar-refractivity contribution in [3.8, 4) is 11.5 Å². The molecule has 2 amide bonds. The van der Waals surface area contributed by atoms with E-state index in [9.17, 15) is 9.59 Å². The number of fused-ring (bicyclic) bond motifs is 1. The first-order valence-corrected chi connectivity index (χ1v) is 9.41. The van der Waals surface area contributed by atoms with Crippen molar-refractivity contribution in [2.24, 2.45) is 5.92 Å². The van der Waals surface area contributed by atoms with E-state index in [0.717, 1.165) is 16.5 Å². The third-order valence-electron chi connectivity index (χ3n) is 5.22. The molecule has 4 rings (SSSR count). The summed E-state index contributed by atoms with van der Waals surface area (Å²) in [5.41, 5.74) is 1.39. The number of benzene rings is 3. The highest BCUT2D eigenvalue weighted by atomic mass is 16.5. The van der Waals surface area contributed by atoms with Crippen molar-refractivity contribution in [3.05, 3.63) is 60.7 Å². The molecule has 1 heterocycles.